The van der Waals surface area contributed by atoms with E-state index in [0.717, 1.165) is 89.9 Å². The number of carbonyl (C=O) groups is 2. The molecule has 11 heteroatoms. The molecule has 0 aliphatic rings. The first kappa shape index (κ1) is 53.6. The molecule has 1 unspecified atom stereocenters. The molecule has 0 fully saturated rings. The van der Waals surface area contributed by atoms with Crippen LogP contribution < -0.4 is 0 Å². The summed E-state index contributed by atoms with van der Waals surface area (Å²) in [5, 5.41) is 18.3. The van der Waals surface area contributed by atoms with Crippen molar-refractivity contribution in [2.75, 3.05) is 26.4 Å². The van der Waals surface area contributed by atoms with Gasteiger partial charge in [-0.25, -0.2) is 4.57 Å². The van der Waals surface area contributed by atoms with E-state index < -0.39 is 51.8 Å². The van der Waals surface area contributed by atoms with Gasteiger partial charge in [0.15, 0.2) is 6.10 Å². The van der Waals surface area contributed by atoms with Crippen LogP contribution in [0, 0.1) is 0 Å². The van der Waals surface area contributed by atoms with Crippen molar-refractivity contribution in [3.05, 3.63) is 109 Å². The molecule has 0 rings (SSSR count). The van der Waals surface area contributed by atoms with Gasteiger partial charge in [0.1, 0.15) is 12.7 Å². The average Bonchev–Trinajstić information content (AvgIpc) is 3.20. The molecule has 0 spiro atoms. The van der Waals surface area contributed by atoms with E-state index in [1.165, 1.54) is 0 Å². The summed E-state index contributed by atoms with van der Waals surface area (Å²) < 4.78 is 32.6. The summed E-state index contributed by atoms with van der Waals surface area (Å²) in [6.45, 7) is 2.01. The van der Waals surface area contributed by atoms with Gasteiger partial charge < -0.3 is 24.6 Å². The lowest BCUT2D eigenvalue weighted by atomic mass is 10.1. The van der Waals surface area contributed by atoms with Gasteiger partial charge in [-0.2, -0.15) is 0 Å². The number of allylic oxidation sites excluding steroid dienone is 18. The molecule has 322 valence electrons. The number of esters is 2. The number of unbranched alkanes of at least 4 members (excludes halogenated alkanes) is 5. The Balaban J connectivity index is 4.50. The molecule has 3 atom stereocenters. The number of phosphoric ester groups is 1. The van der Waals surface area contributed by atoms with E-state index in [9.17, 15) is 24.2 Å². The van der Waals surface area contributed by atoms with Gasteiger partial charge in [0.05, 0.1) is 19.8 Å². The van der Waals surface area contributed by atoms with Gasteiger partial charge in [-0.1, -0.05) is 142 Å². The van der Waals surface area contributed by atoms with E-state index in [-0.39, 0.29) is 19.4 Å². The predicted molar refractivity (Wildman–Crippen MR) is 232 cm³/mol. The molecule has 0 aliphatic carbocycles. The molecule has 0 bridgehead atoms. The summed E-state index contributed by atoms with van der Waals surface area (Å²) in [7, 11) is -4.65. The highest BCUT2D eigenvalue weighted by atomic mass is 31.2. The molecule has 0 radical (unpaired) electrons. The third kappa shape index (κ3) is 40.6. The Morgan fingerprint density at radius 1 is 0.526 bits per heavy atom. The number of aliphatic hydroxyl groups is 2. The second-order valence-corrected chi connectivity index (χ2v) is 14.7. The van der Waals surface area contributed by atoms with E-state index >= 15 is 0 Å². The van der Waals surface area contributed by atoms with Gasteiger partial charge in [-0.05, 0) is 83.5 Å². The minimum absolute atomic E-state index is 0.0480. The Kier molecular flexibility index (Phi) is 38.4. The zero-order chi connectivity index (χ0) is 41.9. The van der Waals surface area contributed by atoms with Gasteiger partial charge in [0.25, 0.3) is 0 Å². The van der Waals surface area contributed by atoms with Gasteiger partial charge >= 0.3 is 19.8 Å². The van der Waals surface area contributed by atoms with Crippen molar-refractivity contribution in [3.63, 3.8) is 0 Å². The third-order valence-electron chi connectivity index (χ3n) is 7.94. The molecule has 57 heavy (non-hydrogen) atoms. The van der Waals surface area contributed by atoms with Crippen LogP contribution in [0.2, 0.25) is 0 Å². The second-order valence-electron chi connectivity index (χ2n) is 13.2. The van der Waals surface area contributed by atoms with E-state index in [1.807, 2.05) is 12.2 Å². The molecular weight excluding hydrogens is 743 g/mol. The summed E-state index contributed by atoms with van der Waals surface area (Å²) in [6, 6.07) is 0. The smallest absolute Gasteiger partial charge is 0.462 e. The molecule has 0 heterocycles. The van der Waals surface area contributed by atoms with Crippen LogP contribution in [0.25, 0.3) is 0 Å². The maximum absolute atomic E-state index is 12.6. The molecular formula is C46H73O10P. The summed E-state index contributed by atoms with van der Waals surface area (Å²) in [6.07, 6.45) is 50.7. The first-order chi connectivity index (χ1) is 27.7. The van der Waals surface area contributed by atoms with Gasteiger partial charge in [0, 0.05) is 12.8 Å². The molecule has 0 aromatic rings. The van der Waals surface area contributed by atoms with Crippen molar-refractivity contribution in [3.8, 4) is 0 Å². The van der Waals surface area contributed by atoms with Gasteiger partial charge in [-0.3, -0.25) is 18.6 Å². The lowest BCUT2D eigenvalue weighted by Gasteiger charge is -2.20. The van der Waals surface area contributed by atoms with Crippen molar-refractivity contribution >= 4 is 19.8 Å². The van der Waals surface area contributed by atoms with Crippen LogP contribution in [0.5, 0.6) is 0 Å². The quantitative estimate of drug-likeness (QED) is 0.0239. The summed E-state index contributed by atoms with van der Waals surface area (Å²) >= 11 is 0. The SMILES string of the molecule is CC/C=C/C/C=C/C/C=C/C/C=C/C/C=C/C/C=C/CCC(=O)O[C@H](COC(=O)CCCCCCC/C=C/C/C=C/C/C=C/CC)COP(=O)(O)OC[C@@H](O)CO. The molecule has 0 aromatic carbocycles. The Morgan fingerprint density at radius 2 is 0.947 bits per heavy atom. The fourth-order valence-corrected chi connectivity index (χ4v) is 5.59. The maximum atomic E-state index is 12.6. The van der Waals surface area contributed by atoms with Crippen molar-refractivity contribution in [2.24, 2.45) is 0 Å². The normalized spacial score (nSPS) is 15.0. The summed E-state index contributed by atoms with van der Waals surface area (Å²) in [5.41, 5.74) is 0. The third-order valence-corrected chi connectivity index (χ3v) is 8.89. The van der Waals surface area contributed by atoms with Crippen LogP contribution >= 0.6 is 7.82 Å². The minimum atomic E-state index is -4.65. The fraction of sp³-hybridized carbons (Fsp3) is 0.565. The number of aliphatic hydroxyl groups excluding tert-OH is 2. The zero-order valence-electron chi connectivity index (χ0n) is 34.7. The predicted octanol–water partition coefficient (Wildman–Crippen LogP) is 11.0. The number of phosphoric acid groups is 1. The van der Waals surface area contributed by atoms with Crippen LogP contribution in [-0.2, 0) is 32.7 Å². The molecule has 10 nitrogen and oxygen atoms in total. The summed E-state index contributed by atoms with van der Waals surface area (Å²) in [5.74, 6) is -1.06. The van der Waals surface area contributed by atoms with Gasteiger partial charge in [0.2, 0.25) is 0 Å². The van der Waals surface area contributed by atoms with Crippen LogP contribution in [0.1, 0.15) is 129 Å². The summed E-state index contributed by atoms with van der Waals surface area (Å²) in [4.78, 5) is 34.9. The monoisotopic (exact) mass is 816 g/mol. The van der Waals surface area contributed by atoms with Crippen LogP contribution in [0.3, 0.4) is 0 Å². The second kappa shape index (κ2) is 40.8. The van der Waals surface area contributed by atoms with Crippen molar-refractivity contribution in [1.82, 2.24) is 0 Å². The number of ether oxygens (including phenoxy) is 2. The number of carbonyl (C=O) groups excluding carboxylic acids is 2. The Morgan fingerprint density at radius 3 is 1.44 bits per heavy atom. The van der Waals surface area contributed by atoms with E-state index in [0.29, 0.717) is 12.8 Å². The van der Waals surface area contributed by atoms with Crippen molar-refractivity contribution in [1.29, 1.82) is 0 Å². The minimum Gasteiger partial charge on any atom is -0.462 e. The van der Waals surface area contributed by atoms with Crippen LogP contribution in [0.4, 0.5) is 0 Å². The van der Waals surface area contributed by atoms with Gasteiger partial charge in [-0.15, -0.1) is 0 Å². The highest BCUT2D eigenvalue weighted by Gasteiger charge is 2.27. The maximum Gasteiger partial charge on any atom is 0.472 e. The Labute approximate surface area is 344 Å². The molecule has 0 aromatic heterocycles. The van der Waals surface area contributed by atoms with Crippen molar-refractivity contribution in [2.45, 2.75) is 142 Å². The Bertz CT molecular complexity index is 1310. The number of rotatable bonds is 37. The molecule has 0 saturated carbocycles. The molecule has 3 N–H and O–H groups in total. The molecule has 0 saturated heterocycles. The average molecular weight is 817 g/mol. The van der Waals surface area contributed by atoms with Crippen LogP contribution in [0.15, 0.2) is 109 Å². The van der Waals surface area contributed by atoms with Crippen LogP contribution in [-0.4, -0.2) is 65.7 Å². The highest BCUT2D eigenvalue weighted by Crippen LogP contribution is 2.43. The van der Waals surface area contributed by atoms with E-state index in [1.54, 1.807) is 0 Å². The lowest BCUT2D eigenvalue weighted by Crippen LogP contribution is -2.29. The lowest BCUT2D eigenvalue weighted by molar-refractivity contribution is -0.161. The number of hydrogen-bond acceptors (Lipinski definition) is 9. The molecule has 0 aliphatic heterocycles. The first-order valence-corrected chi connectivity index (χ1v) is 22.3. The van der Waals surface area contributed by atoms with Crippen molar-refractivity contribution < 1.29 is 47.8 Å². The zero-order valence-corrected chi connectivity index (χ0v) is 35.6. The standard InChI is InChI=1S/C46H73O10P/c1-3-5-7-9-11-13-15-17-19-20-21-22-24-26-28-30-32-34-36-38-46(50)56-44(42-55-57(51,52)54-40-43(48)39-47)41-53-45(49)37-35-33-31-29-27-25-23-18-16-14-12-10-8-6-4-2/h5-8,11-14,17-19,21-23,26,28,32,34,43-44,47-48H,3-4,9-10,15-16,20,24-25,27,29-31,33,35-42H2,1-2H3,(H,51,52)/b7-5+,8-6+,13-11+,14-12+,19-17+,22-21+,23-18+,28-26+,34-32+/t43-,44+/m0/s1. The Hall–Kier alpha value is -3.37. The highest BCUT2D eigenvalue weighted by molar-refractivity contribution is 7.47. The number of hydrogen-bond donors (Lipinski definition) is 3. The molecule has 0 amide bonds. The van der Waals surface area contributed by atoms with E-state index in [2.05, 4.69) is 116 Å². The fourth-order valence-electron chi connectivity index (χ4n) is 4.80. The topological polar surface area (TPSA) is 149 Å². The largest absolute Gasteiger partial charge is 0.472 e. The van der Waals surface area contributed by atoms with E-state index in [4.69, 9.17) is 19.1 Å². The first-order valence-electron chi connectivity index (χ1n) is 20.8.